The van der Waals surface area contributed by atoms with Gasteiger partial charge in [-0.05, 0) is 30.7 Å². The van der Waals surface area contributed by atoms with Gasteiger partial charge in [-0.3, -0.25) is 9.78 Å². The van der Waals surface area contributed by atoms with Crippen molar-refractivity contribution in [1.82, 2.24) is 15.0 Å². The van der Waals surface area contributed by atoms with Crippen molar-refractivity contribution in [2.45, 2.75) is 13.5 Å². The normalized spacial score (nSPS) is 10.4. The van der Waals surface area contributed by atoms with Crippen LogP contribution in [0.3, 0.4) is 0 Å². The Hall–Kier alpha value is -4.06. The Morgan fingerprint density at radius 1 is 0.933 bits per heavy atom. The summed E-state index contributed by atoms with van der Waals surface area (Å²) in [6, 6.07) is 23.1. The lowest BCUT2D eigenvalue weighted by molar-refractivity contribution is 0.101. The Labute approximate surface area is 175 Å². The molecule has 0 aliphatic carbocycles. The third kappa shape index (κ3) is 4.86. The second kappa shape index (κ2) is 8.96. The molecular weight excluding hydrogens is 374 g/mol. The number of Topliss-reactive ketones (excluding diaryl/α,β-unsaturated/α-hetero) is 1. The van der Waals surface area contributed by atoms with Crippen molar-refractivity contribution in [3.8, 4) is 11.3 Å². The summed E-state index contributed by atoms with van der Waals surface area (Å²) in [6.45, 7) is 2.11. The summed E-state index contributed by atoms with van der Waals surface area (Å²) in [5, 5.41) is 6.56. The molecule has 30 heavy (non-hydrogen) atoms. The van der Waals surface area contributed by atoms with E-state index in [0.29, 0.717) is 23.9 Å². The summed E-state index contributed by atoms with van der Waals surface area (Å²) in [5.74, 6) is 1.16. The zero-order valence-electron chi connectivity index (χ0n) is 16.5. The topological polar surface area (TPSA) is 79.8 Å². The fraction of sp³-hybridized carbons (Fsp3) is 0.0833. The van der Waals surface area contributed by atoms with E-state index in [-0.39, 0.29) is 5.78 Å². The lowest BCUT2D eigenvalue weighted by atomic mass is 10.1. The first-order chi connectivity index (χ1) is 14.7. The number of benzene rings is 2. The molecule has 0 radical (unpaired) electrons. The monoisotopic (exact) mass is 395 g/mol. The number of pyridine rings is 1. The number of nitrogens with zero attached hydrogens (tertiary/aromatic N) is 3. The van der Waals surface area contributed by atoms with E-state index in [2.05, 4.69) is 25.6 Å². The molecule has 0 saturated heterocycles. The van der Waals surface area contributed by atoms with E-state index in [1.54, 1.807) is 25.4 Å². The summed E-state index contributed by atoms with van der Waals surface area (Å²) in [5.41, 5.74) is 4.26. The molecule has 0 aliphatic heterocycles. The highest BCUT2D eigenvalue weighted by molar-refractivity contribution is 5.95. The summed E-state index contributed by atoms with van der Waals surface area (Å²) in [4.78, 5) is 25.1. The second-order valence-corrected chi connectivity index (χ2v) is 6.80. The molecule has 2 aromatic heterocycles. The number of hydrogen-bond acceptors (Lipinski definition) is 6. The van der Waals surface area contributed by atoms with E-state index in [9.17, 15) is 4.79 Å². The van der Waals surface area contributed by atoms with Crippen LogP contribution in [0.5, 0.6) is 0 Å². The third-order valence-corrected chi connectivity index (χ3v) is 4.51. The minimum absolute atomic E-state index is 0.0186. The van der Waals surface area contributed by atoms with Gasteiger partial charge in [0.2, 0.25) is 5.95 Å². The largest absolute Gasteiger partial charge is 0.350 e. The number of aromatic nitrogens is 3. The molecule has 0 unspecified atom stereocenters. The standard InChI is InChI=1S/C24H21N5O/c1-17(30)20-10-5-11-21(13-20)27-23-14-22(19-8-3-2-4-9-19)28-24(29-23)26-16-18-7-6-12-25-15-18/h2-15H,16H2,1H3,(H2,26,27,28,29). The molecule has 0 bridgehead atoms. The van der Waals surface area contributed by atoms with Crippen LogP contribution in [0, 0.1) is 0 Å². The Bertz CT molecular complexity index is 1150. The molecule has 0 fully saturated rings. The van der Waals surface area contributed by atoms with Gasteiger partial charge < -0.3 is 10.6 Å². The van der Waals surface area contributed by atoms with Crippen molar-refractivity contribution >= 4 is 23.2 Å². The molecule has 4 rings (SSSR count). The molecule has 2 aromatic carbocycles. The average Bonchev–Trinajstić information content (AvgIpc) is 2.79. The molecule has 4 aromatic rings. The predicted octanol–water partition coefficient (Wildman–Crippen LogP) is 5.10. The SMILES string of the molecule is CC(=O)c1cccc(Nc2cc(-c3ccccc3)nc(NCc3cccnc3)n2)c1. The first kappa shape index (κ1) is 19.3. The van der Waals surface area contributed by atoms with E-state index in [0.717, 1.165) is 22.5 Å². The maximum Gasteiger partial charge on any atom is 0.225 e. The van der Waals surface area contributed by atoms with Gasteiger partial charge in [-0.2, -0.15) is 4.98 Å². The number of ketones is 1. The summed E-state index contributed by atoms with van der Waals surface area (Å²) in [7, 11) is 0. The third-order valence-electron chi connectivity index (χ3n) is 4.51. The number of nitrogens with one attached hydrogen (secondary N) is 2. The van der Waals surface area contributed by atoms with Gasteiger partial charge in [0.15, 0.2) is 5.78 Å². The molecule has 2 N–H and O–H groups in total. The van der Waals surface area contributed by atoms with Crippen LogP contribution in [0.25, 0.3) is 11.3 Å². The molecule has 0 amide bonds. The highest BCUT2D eigenvalue weighted by Crippen LogP contribution is 2.24. The van der Waals surface area contributed by atoms with Gasteiger partial charge in [-0.25, -0.2) is 4.98 Å². The molecule has 0 saturated carbocycles. The molecule has 2 heterocycles. The Morgan fingerprint density at radius 2 is 1.80 bits per heavy atom. The van der Waals surface area contributed by atoms with E-state index in [1.165, 1.54) is 0 Å². The maximum atomic E-state index is 11.7. The Kier molecular flexibility index (Phi) is 5.75. The fourth-order valence-electron chi connectivity index (χ4n) is 2.99. The summed E-state index contributed by atoms with van der Waals surface area (Å²) in [6.07, 6.45) is 3.55. The molecule has 0 atom stereocenters. The van der Waals surface area contributed by atoms with Gasteiger partial charge >= 0.3 is 0 Å². The zero-order chi connectivity index (χ0) is 20.8. The van der Waals surface area contributed by atoms with Crippen LogP contribution in [0.1, 0.15) is 22.8 Å². The molecule has 0 aliphatic rings. The molecule has 6 nitrogen and oxygen atoms in total. The van der Waals surface area contributed by atoms with E-state index < -0.39 is 0 Å². The van der Waals surface area contributed by atoms with Crippen molar-refractivity contribution in [2.24, 2.45) is 0 Å². The lowest BCUT2D eigenvalue weighted by Crippen LogP contribution is -2.06. The van der Waals surface area contributed by atoms with Crippen molar-refractivity contribution in [1.29, 1.82) is 0 Å². The molecule has 6 heteroatoms. The zero-order valence-corrected chi connectivity index (χ0v) is 16.5. The lowest BCUT2D eigenvalue weighted by Gasteiger charge is -2.12. The highest BCUT2D eigenvalue weighted by atomic mass is 16.1. The van der Waals surface area contributed by atoms with E-state index in [1.807, 2.05) is 66.7 Å². The summed E-state index contributed by atoms with van der Waals surface area (Å²) < 4.78 is 0. The minimum Gasteiger partial charge on any atom is -0.350 e. The molecule has 0 spiro atoms. The molecule has 148 valence electrons. The second-order valence-electron chi connectivity index (χ2n) is 6.80. The number of anilines is 3. The van der Waals surface area contributed by atoms with Gasteiger partial charge in [0.05, 0.1) is 5.69 Å². The number of carbonyl (C=O) groups excluding carboxylic acids is 1. The highest BCUT2D eigenvalue weighted by Gasteiger charge is 2.08. The maximum absolute atomic E-state index is 11.7. The van der Waals surface area contributed by atoms with Crippen LogP contribution in [0.2, 0.25) is 0 Å². The van der Waals surface area contributed by atoms with E-state index in [4.69, 9.17) is 0 Å². The number of rotatable bonds is 7. The van der Waals surface area contributed by atoms with Crippen molar-refractivity contribution in [3.63, 3.8) is 0 Å². The molecular formula is C24H21N5O. The van der Waals surface area contributed by atoms with Crippen molar-refractivity contribution < 1.29 is 4.79 Å². The van der Waals surface area contributed by atoms with Crippen LogP contribution in [-0.4, -0.2) is 20.7 Å². The predicted molar refractivity (Wildman–Crippen MR) is 119 cm³/mol. The fourth-order valence-corrected chi connectivity index (χ4v) is 2.99. The summed E-state index contributed by atoms with van der Waals surface area (Å²) >= 11 is 0. The Morgan fingerprint density at radius 3 is 2.57 bits per heavy atom. The first-order valence-corrected chi connectivity index (χ1v) is 9.63. The number of carbonyl (C=O) groups is 1. The van der Waals surface area contributed by atoms with Gasteiger partial charge in [0, 0.05) is 41.8 Å². The van der Waals surface area contributed by atoms with Crippen LogP contribution < -0.4 is 10.6 Å². The van der Waals surface area contributed by atoms with Crippen LogP contribution in [0.4, 0.5) is 17.5 Å². The average molecular weight is 395 g/mol. The minimum atomic E-state index is 0.0186. The van der Waals surface area contributed by atoms with Crippen LogP contribution in [0.15, 0.2) is 85.2 Å². The first-order valence-electron chi connectivity index (χ1n) is 9.63. The number of hydrogen-bond donors (Lipinski definition) is 2. The van der Waals surface area contributed by atoms with Crippen molar-refractivity contribution in [2.75, 3.05) is 10.6 Å². The smallest absolute Gasteiger partial charge is 0.225 e. The van der Waals surface area contributed by atoms with Crippen LogP contribution in [-0.2, 0) is 6.54 Å². The van der Waals surface area contributed by atoms with Gasteiger partial charge in [-0.15, -0.1) is 0 Å². The van der Waals surface area contributed by atoms with E-state index >= 15 is 0 Å². The quantitative estimate of drug-likeness (QED) is 0.424. The van der Waals surface area contributed by atoms with Gasteiger partial charge in [0.25, 0.3) is 0 Å². The van der Waals surface area contributed by atoms with Crippen molar-refractivity contribution in [3.05, 3.63) is 96.3 Å². The van der Waals surface area contributed by atoms with Gasteiger partial charge in [-0.1, -0.05) is 48.5 Å². The van der Waals surface area contributed by atoms with Crippen LogP contribution >= 0.6 is 0 Å². The van der Waals surface area contributed by atoms with Gasteiger partial charge in [0.1, 0.15) is 5.82 Å². The Balaban J connectivity index is 1.65.